The number of rotatable bonds is 4. The third kappa shape index (κ3) is 3.13. The number of benzene rings is 2. The smallest absolute Gasteiger partial charge is 0.312 e. The number of ether oxygens (including phenoxy) is 2. The Morgan fingerprint density at radius 3 is 2.32 bits per heavy atom. The molecule has 0 amide bonds. The van der Waals surface area contributed by atoms with Gasteiger partial charge in [0.15, 0.2) is 0 Å². The van der Waals surface area contributed by atoms with Gasteiger partial charge in [-0.2, -0.15) is 0 Å². The molecule has 2 aromatic rings. The molecule has 98 valence electrons. The van der Waals surface area contributed by atoms with E-state index in [2.05, 4.69) is 0 Å². The first-order valence-corrected chi connectivity index (χ1v) is 6.12. The summed E-state index contributed by atoms with van der Waals surface area (Å²) in [5.41, 5.74) is 0.818. The van der Waals surface area contributed by atoms with Crippen LogP contribution in [-0.2, 0) is 9.53 Å². The van der Waals surface area contributed by atoms with Gasteiger partial charge in [0.25, 0.3) is 0 Å². The zero-order chi connectivity index (χ0) is 13.7. The number of carbonyl (C=O) groups excluding carboxylic acids is 1. The highest BCUT2D eigenvalue weighted by molar-refractivity contribution is 5.78. The lowest BCUT2D eigenvalue weighted by Gasteiger charge is -2.15. The predicted octanol–water partition coefficient (Wildman–Crippen LogP) is 3.76. The second kappa shape index (κ2) is 6.05. The van der Waals surface area contributed by atoms with E-state index in [1.54, 1.807) is 6.92 Å². The molecule has 0 bridgehead atoms. The summed E-state index contributed by atoms with van der Waals surface area (Å²) in [6.45, 7) is 1.80. The number of esters is 1. The summed E-state index contributed by atoms with van der Waals surface area (Å²) in [6.07, 6.45) is 0. The van der Waals surface area contributed by atoms with E-state index >= 15 is 0 Å². The van der Waals surface area contributed by atoms with Gasteiger partial charge in [-0.25, -0.2) is 0 Å². The normalized spacial score (nSPS) is 11.7. The van der Waals surface area contributed by atoms with Gasteiger partial charge in [0.05, 0.1) is 13.0 Å². The summed E-state index contributed by atoms with van der Waals surface area (Å²) in [5.74, 6) is 0.785. The topological polar surface area (TPSA) is 35.5 Å². The van der Waals surface area contributed by atoms with E-state index in [9.17, 15) is 4.79 Å². The molecular weight excluding hydrogens is 240 g/mol. The molecule has 1 atom stereocenters. The van der Waals surface area contributed by atoms with Crippen LogP contribution in [0.4, 0.5) is 0 Å². The van der Waals surface area contributed by atoms with E-state index in [4.69, 9.17) is 9.47 Å². The first kappa shape index (κ1) is 13.1. The van der Waals surface area contributed by atoms with E-state index in [-0.39, 0.29) is 11.9 Å². The van der Waals surface area contributed by atoms with Crippen LogP contribution in [0.3, 0.4) is 0 Å². The van der Waals surface area contributed by atoms with Gasteiger partial charge in [-0.1, -0.05) is 36.4 Å². The highest BCUT2D eigenvalue weighted by atomic mass is 16.5. The molecule has 0 aliphatic carbocycles. The molecule has 0 aliphatic heterocycles. The Hall–Kier alpha value is -2.29. The monoisotopic (exact) mass is 256 g/mol. The maximum absolute atomic E-state index is 11.6. The van der Waals surface area contributed by atoms with Crippen molar-refractivity contribution in [1.29, 1.82) is 0 Å². The van der Waals surface area contributed by atoms with Gasteiger partial charge in [-0.3, -0.25) is 4.79 Å². The third-order valence-corrected chi connectivity index (χ3v) is 2.91. The molecule has 0 fully saturated rings. The van der Waals surface area contributed by atoms with Gasteiger partial charge >= 0.3 is 5.97 Å². The van der Waals surface area contributed by atoms with Crippen LogP contribution in [0.1, 0.15) is 18.4 Å². The summed E-state index contributed by atoms with van der Waals surface area (Å²) in [5, 5.41) is 0. The average molecular weight is 256 g/mol. The van der Waals surface area contributed by atoms with Crippen LogP contribution in [0, 0.1) is 0 Å². The lowest BCUT2D eigenvalue weighted by molar-refractivity contribution is -0.142. The zero-order valence-corrected chi connectivity index (χ0v) is 11.0. The largest absolute Gasteiger partial charge is 0.469 e. The Morgan fingerprint density at radius 1 is 1.00 bits per heavy atom. The Bertz CT molecular complexity index is 549. The molecule has 0 N–H and O–H groups in total. The number of hydrogen-bond acceptors (Lipinski definition) is 3. The molecule has 0 heterocycles. The van der Waals surface area contributed by atoms with Crippen LogP contribution in [0.15, 0.2) is 54.6 Å². The lowest BCUT2D eigenvalue weighted by Crippen LogP contribution is -2.11. The molecule has 0 radical (unpaired) electrons. The maximum Gasteiger partial charge on any atom is 0.312 e. The molecule has 1 unspecified atom stereocenters. The van der Waals surface area contributed by atoms with E-state index in [1.807, 2.05) is 54.6 Å². The quantitative estimate of drug-likeness (QED) is 0.781. The molecule has 2 aromatic carbocycles. The third-order valence-electron chi connectivity index (χ3n) is 2.91. The molecule has 2 rings (SSSR count). The average Bonchev–Trinajstić information content (AvgIpc) is 2.47. The Balaban J connectivity index is 2.29. The second-order valence-electron chi connectivity index (χ2n) is 4.20. The standard InChI is InChI=1S/C16H16O3/c1-12(16(17)18-2)14-10-6-7-11-15(14)19-13-8-4-3-5-9-13/h3-12H,1-2H3. The van der Waals surface area contributed by atoms with Gasteiger partial charge in [0, 0.05) is 5.56 Å². The van der Waals surface area contributed by atoms with Crippen molar-refractivity contribution < 1.29 is 14.3 Å². The fourth-order valence-electron chi connectivity index (χ4n) is 1.85. The van der Waals surface area contributed by atoms with Crippen LogP contribution in [0.25, 0.3) is 0 Å². The van der Waals surface area contributed by atoms with Crippen LogP contribution >= 0.6 is 0 Å². The molecule has 0 saturated carbocycles. The number of carbonyl (C=O) groups is 1. The molecule has 19 heavy (non-hydrogen) atoms. The fourth-order valence-corrected chi connectivity index (χ4v) is 1.85. The zero-order valence-electron chi connectivity index (χ0n) is 11.0. The molecule has 3 nitrogen and oxygen atoms in total. The molecule has 0 aromatic heterocycles. The van der Waals surface area contributed by atoms with Crippen molar-refractivity contribution in [2.24, 2.45) is 0 Å². The van der Waals surface area contributed by atoms with Gasteiger partial charge < -0.3 is 9.47 Å². The first-order valence-electron chi connectivity index (χ1n) is 6.12. The van der Waals surface area contributed by atoms with E-state index in [0.717, 1.165) is 11.3 Å². The SMILES string of the molecule is COC(=O)C(C)c1ccccc1Oc1ccccc1. The van der Waals surface area contributed by atoms with Crippen molar-refractivity contribution in [1.82, 2.24) is 0 Å². The molecule has 0 spiro atoms. The van der Waals surface area contributed by atoms with Crippen molar-refractivity contribution in [2.45, 2.75) is 12.8 Å². The Labute approximate surface area is 112 Å². The van der Waals surface area contributed by atoms with E-state index in [1.165, 1.54) is 7.11 Å². The highest BCUT2D eigenvalue weighted by Gasteiger charge is 2.19. The number of hydrogen-bond donors (Lipinski definition) is 0. The molecule has 0 saturated heterocycles. The van der Waals surface area contributed by atoms with Gasteiger partial charge in [0.2, 0.25) is 0 Å². The predicted molar refractivity (Wildman–Crippen MR) is 73.4 cm³/mol. The molecular formula is C16H16O3. The van der Waals surface area contributed by atoms with Crippen molar-refractivity contribution in [3.05, 3.63) is 60.2 Å². The minimum Gasteiger partial charge on any atom is -0.469 e. The summed E-state index contributed by atoms with van der Waals surface area (Å²) >= 11 is 0. The summed E-state index contributed by atoms with van der Waals surface area (Å²) in [4.78, 5) is 11.6. The van der Waals surface area contributed by atoms with Crippen molar-refractivity contribution in [3.63, 3.8) is 0 Å². The number of methoxy groups -OCH3 is 1. The summed E-state index contributed by atoms with van der Waals surface area (Å²) in [6, 6.07) is 17.0. The number of para-hydroxylation sites is 2. The van der Waals surface area contributed by atoms with Crippen LogP contribution < -0.4 is 4.74 Å². The molecule has 0 aliphatic rings. The minimum absolute atomic E-state index is 0.274. The van der Waals surface area contributed by atoms with Crippen LogP contribution in [0.2, 0.25) is 0 Å². The summed E-state index contributed by atoms with van der Waals surface area (Å²) in [7, 11) is 1.39. The van der Waals surface area contributed by atoms with Gasteiger partial charge in [-0.05, 0) is 25.1 Å². The van der Waals surface area contributed by atoms with Crippen molar-refractivity contribution >= 4 is 5.97 Å². The fraction of sp³-hybridized carbons (Fsp3) is 0.188. The van der Waals surface area contributed by atoms with Crippen molar-refractivity contribution in [2.75, 3.05) is 7.11 Å². The maximum atomic E-state index is 11.6. The van der Waals surface area contributed by atoms with Crippen LogP contribution in [-0.4, -0.2) is 13.1 Å². The second-order valence-corrected chi connectivity index (χ2v) is 4.20. The van der Waals surface area contributed by atoms with E-state index < -0.39 is 0 Å². The van der Waals surface area contributed by atoms with Gasteiger partial charge in [-0.15, -0.1) is 0 Å². The first-order chi connectivity index (χ1) is 9.22. The molecule has 3 heteroatoms. The van der Waals surface area contributed by atoms with E-state index in [0.29, 0.717) is 5.75 Å². The Kier molecular flexibility index (Phi) is 4.18. The van der Waals surface area contributed by atoms with Crippen LogP contribution in [0.5, 0.6) is 11.5 Å². The van der Waals surface area contributed by atoms with Crippen molar-refractivity contribution in [3.8, 4) is 11.5 Å². The Morgan fingerprint density at radius 2 is 1.63 bits per heavy atom. The summed E-state index contributed by atoms with van der Waals surface area (Å²) < 4.78 is 10.6. The lowest BCUT2D eigenvalue weighted by atomic mass is 10.0. The van der Waals surface area contributed by atoms with Gasteiger partial charge in [0.1, 0.15) is 11.5 Å². The highest BCUT2D eigenvalue weighted by Crippen LogP contribution is 2.30. The minimum atomic E-state index is -0.357.